The predicted octanol–water partition coefficient (Wildman–Crippen LogP) is 1.68. The van der Waals surface area contributed by atoms with E-state index in [-0.39, 0.29) is 12.1 Å². The lowest BCUT2D eigenvalue weighted by Gasteiger charge is -2.34. The van der Waals surface area contributed by atoms with Gasteiger partial charge < -0.3 is 14.7 Å². The standard InChI is InChI=1S/C15H21NO3/c1-16(9-11-7-13(17)8-11)10-12-5-3-4-6-14(12)15(18)19-2/h3-6,11,13,17H,7-10H2,1-2H3. The quantitative estimate of drug-likeness (QED) is 0.821. The summed E-state index contributed by atoms with van der Waals surface area (Å²) in [5, 5.41) is 9.29. The smallest absolute Gasteiger partial charge is 0.338 e. The molecular formula is C15H21NO3. The second kappa shape index (κ2) is 6.17. The fraction of sp³-hybridized carbons (Fsp3) is 0.533. The first kappa shape index (κ1) is 14.0. The molecule has 0 unspecified atom stereocenters. The summed E-state index contributed by atoms with van der Waals surface area (Å²) in [5.74, 6) is 0.286. The van der Waals surface area contributed by atoms with Crippen molar-refractivity contribution in [1.29, 1.82) is 0 Å². The highest BCUT2D eigenvalue weighted by Gasteiger charge is 2.28. The van der Waals surface area contributed by atoms with E-state index in [2.05, 4.69) is 4.90 Å². The van der Waals surface area contributed by atoms with Gasteiger partial charge in [0.15, 0.2) is 0 Å². The third kappa shape index (κ3) is 3.55. The van der Waals surface area contributed by atoms with Crippen LogP contribution in [0.15, 0.2) is 24.3 Å². The van der Waals surface area contributed by atoms with E-state index >= 15 is 0 Å². The second-order valence-corrected chi connectivity index (χ2v) is 5.34. The number of esters is 1. The van der Waals surface area contributed by atoms with Crippen LogP contribution < -0.4 is 0 Å². The van der Waals surface area contributed by atoms with Crippen LogP contribution in [0, 0.1) is 5.92 Å². The number of benzene rings is 1. The lowest BCUT2D eigenvalue weighted by molar-refractivity contribution is 0.0273. The number of nitrogens with zero attached hydrogens (tertiary/aromatic N) is 1. The summed E-state index contributed by atoms with van der Waals surface area (Å²) in [6.45, 7) is 1.67. The van der Waals surface area contributed by atoms with Gasteiger partial charge in [0, 0.05) is 13.1 Å². The first-order valence-corrected chi connectivity index (χ1v) is 6.63. The number of carbonyl (C=O) groups is 1. The van der Waals surface area contributed by atoms with Crippen LogP contribution in [0.4, 0.5) is 0 Å². The number of hydrogen-bond acceptors (Lipinski definition) is 4. The summed E-state index contributed by atoms with van der Waals surface area (Å²) in [6.07, 6.45) is 1.67. The molecule has 1 fully saturated rings. The highest BCUT2D eigenvalue weighted by Crippen LogP contribution is 2.28. The molecule has 19 heavy (non-hydrogen) atoms. The van der Waals surface area contributed by atoms with Crippen molar-refractivity contribution in [2.45, 2.75) is 25.5 Å². The molecule has 1 aromatic rings. The molecule has 0 radical (unpaired) electrons. The Labute approximate surface area is 114 Å². The summed E-state index contributed by atoms with van der Waals surface area (Å²) in [6, 6.07) is 7.53. The Bertz CT molecular complexity index is 441. The molecule has 0 amide bonds. The van der Waals surface area contributed by atoms with Crippen molar-refractivity contribution < 1.29 is 14.6 Å². The molecule has 104 valence electrons. The summed E-state index contributed by atoms with van der Waals surface area (Å²) in [5.41, 5.74) is 1.61. The molecule has 1 N–H and O–H groups in total. The second-order valence-electron chi connectivity index (χ2n) is 5.34. The first-order valence-electron chi connectivity index (χ1n) is 6.63. The van der Waals surface area contributed by atoms with Gasteiger partial charge in [-0.25, -0.2) is 4.79 Å². The number of aliphatic hydroxyl groups excluding tert-OH is 1. The Balaban J connectivity index is 1.96. The van der Waals surface area contributed by atoms with Gasteiger partial charge in [0.05, 0.1) is 18.8 Å². The zero-order chi connectivity index (χ0) is 13.8. The Kier molecular flexibility index (Phi) is 4.56. The molecule has 1 aliphatic carbocycles. The molecule has 1 aromatic carbocycles. The minimum Gasteiger partial charge on any atom is -0.465 e. The van der Waals surface area contributed by atoms with Gasteiger partial charge in [0.2, 0.25) is 0 Å². The molecule has 0 atom stereocenters. The molecule has 0 bridgehead atoms. The third-order valence-electron chi connectivity index (χ3n) is 3.64. The van der Waals surface area contributed by atoms with E-state index in [1.54, 1.807) is 6.07 Å². The van der Waals surface area contributed by atoms with Gasteiger partial charge in [-0.15, -0.1) is 0 Å². The minimum absolute atomic E-state index is 0.110. The number of aliphatic hydroxyl groups is 1. The summed E-state index contributed by atoms with van der Waals surface area (Å²) >= 11 is 0. The third-order valence-corrected chi connectivity index (χ3v) is 3.64. The summed E-state index contributed by atoms with van der Waals surface area (Å²) in [7, 11) is 3.44. The number of rotatable bonds is 5. The van der Waals surface area contributed by atoms with Gasteiger partial charge in [-0.05, 0) is 37.4 Å². The van der Waals surface area contributed by atoms with Gasteiger partial charge in [-0.3, -0.25) is 0 Å². The van der Waals surface area contributed by atoms with E-state index in [9.17, 15) is 9.90 Å². The van der Waals surface area contributed by atoms with Crippen molar-refractivity contribution in [3.05, 3.63) is 35.4 Å². The number of ether oxygens (including phenoxy) is 1. The molecule has 2 rings (SSSR count). The molecule has 0 spiro atoms. The molecule has 0 aromatic heterocycles. The number of methoxy groups -OCH3 is 1. The van der Waals surface area contributed by atoms with Crippen LogP contribution in [0.5, 0.6) is 0 Å². The van der Waals surface area contributed by atoms with Crippen LogP contribution in [0.3, 0.4) is 0 Å². The van der Waals surface area contributed by atoms with Crippen LogP contribution >= 0.6 is 0 Å². The van der Waals surface area contributed by atoms with Crippen molar-refractivity contribution >= 4 is 5.97 Å². The predicted molar refractivity (Wildman–Crippen MR) is 72.8 cm³/mol. The molecule has 0 saturated heterocycles. The summed E-state index contributed by atoms with van der Waals surface area (Å²) < 4.78 is 4.80. The normalized spacial score (nSPS) is 22.1. The first-order chi connectivity index (χ1) is 9.10. The van der Waals surface area contributed by atoms with E-state index < -0.39 is 0 Å². The van der Waals surface area contributed by atoms with Gasteiger partial charge in [0.1, 0.15) is 0 Å². The monoisotopic (exact) mass is 263 g/mol. The van der Waals surface area contributed by atoms with Crippen LogP contribution in [0.1, 0.15) is 28.8 Å². The maximum absolute atomic E-state index is 11.7. The average molecular weight is 263 g/mol. The van der Waals surface area contributed by atoms with Crippen LogP contribution in [0.2, 0.25) is 0 Å². The Morgan fingerprint density at radius 3 is 2.74 bits per heavy atom. The average Bonchev–Trinajstić information content (AvgIpc) is 2.36. The molecule has 0 aliphatic heterocycles. The van der Waals surface area contributed by atoms with Crippen LogP contribution in [-0.2, 0) is 11.3 Å². The van der Waals surface area contributed by atoms with E-state index in [0.29, 0.717) is 11.5 Å². The van der Waals surface area contributed by atoms with Crippen molar-refractivity contribution in [2.75, 3.05) is 20.7 Å². The Morgan fingerprint density at radius 2 is 2.11 bits per heavy atom. The van der Waals surface area contributed by atoms with Crippen LogP contribution in [0.25, 0.3) is 0 Å². The summed E-state index contributed by atoms with van der Waals surface area (Å²) in [4.78, 5) is 13.9. The topological polar surface area (TPSA) is 49.8 Å². The lowest BCUT2D eigenvalue weighted by atomic mass is 9.82. The van der Waals surface area contributed by atoms with E-state index in [1.807, 2.05) is 25.2 Å². The Hall–Kier alpha value is -1.39. The molecule has 1 aliphatic rings. The van der Waals surface area contributed by atoms with E-state index in [4.69, 9.17) is 4.74 Å². The van der Waals surface area contributed by atoms with Crippen molar-refractivity contribution in [1.82, 2.24) is 4.90 Å². The number of hydrogen-bond donors (Lipinski definition) is 1. The molecule has 0 heterocycles. The molecule has 4 heteroatoms. The highest BCUT2D eigenvalue weighted by atomic mass is 16.5. The minimum atomic E-state index is -0.289. The highest BCUT2D eigenvalue weighted by molar-refractivity contribution is 5.90. The van der Waals surface area contributed by atoms with Gasteiger partial charge in [-0.2, -0.15) is 0 Å². The fourth-order valence-corrected chi connectivity index (χ4v) is 2.61. The SMILES string of the molecule is COC(=O)c1ccccc1CN(C)CC1CC(O)C1. The lowest BCUT2D eigenvalue weighted by Crippen LogP contribution is -2.37. The van der Waals surface area contributed by atoms with E-state index in [0.717, 1.165) is 31.5 Å². The molecule has 1 saturated carbocycles. The van der Waals surface area contributed by atoms with E-state index in [1.165, 1.54) is 7.11 Å². The Morgan fingerprint density at radius 1 is 1.42 bits per heavy atom. The molecular weight excluding hydrogens is 242 g/mol. The van der Waals surface area contributed by atoms with Crippen molar-refractivity contribution in [3.63, 3.8) is 0 Å². The van der Waals surface area contributed by atoms with Crippen molar-refractivity contribution in [3.8, 4) is 0 Å². The maximum Gasteiger partial charge on any atom is 0.338 e. The largest absolute Gasteiger partial charge is 0.465 e. The molecule has 4 nitrogen and oxygen atoms in total. The van der Waals surface area contributed by atoms with Crippen molar-refractivity contribution in [2.24, 2.45) is 5.92 Å². The maximum atomic E-state index is 11.7. The van der Waals surface area contributed by atoms with Gasteiger partial charge in [0.25, 0.3) is 0 Å². The van der Waals surface area contributed by atoms with Crippen LogP contribution in [-0.4, -0.2) is 42.8 Å². The van der Waals surface area contributed by atoms with Gasteiger partial charge in [-0.1, -0.05) is 18.2 Å². The fourth-order valence-electron chi connectivity index (χ4n) is 2.61. The zero-order valence-electron chi connectivity index (χ0n) is 11.5. The van der Waals surface area contributed by atoms with Gasteiger partial charge >= 0.3 is 5.97 Å². The zero-order valence-corrected chi connectivity index (χ0v) is 11.5. The number of carbonyl (C=O) groups excluding carboxylic acids is 1.